The summed E-state index contributed by atoms with van der Waals surface area (Å²) in [6.07, 6.45) is 10.1. The van der Waals surface area contributed by atoms with E-state index in [1.54, 1.807) is 12.7 Å². The maximum absolute atomic E-state index is 5.99. The highest BCUT2D eigenvalue weighted by atomic mass is 16.5. The lowest BCUT2D eigenvalue weighted by Gasteiger charge is -2.26. The van der Waals surface area contributed by atoms with Gasteiger partial charge in [-0.05, 0) is 79.7 Å². The first kappa shape index (κ1) is 18.9. The van der Waals surface area contributed by atoms with E-state index in [1.807, 2.05) is 12.3 Å². The molecule has 3 heteroatoms. The Labute approximate surface area is 158 Å². The van der Waals surface area contributed by atoms with E-state index in [0.717, 1.165) is 30.3 Å². The van der Waals surface area contributed by atoms with E-state index in [0.29, 0.717) is 5.92 Å². The van der Waals surface area contributed by atoms with Crippen LogP contribution in [0.5, 0.6) is 5.75 Å². The van der Waals surface area contributed by atoms with E-state index in [2.05, 4.69) is 36.2 Å². The van der Waals surface area contributed by atoms with Gasteiger partial charge in [0, 0.05) is 18.0 Å². The summed E-state index contributed by atoms with van der Waals surface area (Å²) in [5, 5.41) is 0. The van der Waals surface area contributed by atoms with Gasteiger partial charge in [0.2, 0.25) is 0 Å². The third-order valence-electron chi connectivity index (χ3n) is 5.79. The average Bonchev–Trinajstić information content (AvgIpc) is 2.70. The van der Waals surface area contributed by atoms with E-state index in [1.165, 1.54) is 49.7 Å². The van der Waals surface area contributed by atoms with Crippen LogP contribution in [0.25, 0.3) is 0 Å². The Morgan fingerprint density at radius 3 is 2.88 bits per heavy atom. The van der Waals surface area contributed by atoms with Crippen molar-refractivity contribution in [3.63, 3.8) is 0 Å². The zero-order valence-electron chi connectivity index (χ0n) is 16.2. The second-order valence-corrected chi connectivity index (χ2v) is 7.58. The van der Waals surface area contributed by atoms with Crippen LogP contribution in [-0.4, -0.2) is 18.6 Å². The smallest absolute Gasteiger partial charge is 0.122 e. The maximum Gasteiger partial charge on any atom is 0.122 e. The Morgan fingerprint density at radius 2 is 2.12 bits per heavy atom. The van der Waals surface area contributed by atoms with Crippen molar-refractivity contribution in [2.24, 2.45) is 11.7 Å². The van der Waals surface area contributed by atoms with Crippen molar-refractivity contribution in [1.29, 1.82) is 0 Å². The summed E-state index contributed by atoms with van der Waals surface area (Å²) >= 11 is 0. The molecule has 1 aromatic heterocycles. The van der Waals surface area contributed by atoms with Crippen LogP contribution in [0.2, 0.25) is 0 Å². The fourth-order valence-electron chi connectivity index (χ4n) is 4.19. The summed E-state index contributed by atoms with van der Waals surface area (Å²) in [5.41, 5.74) is 11.6. The molecule has 0 amide bonds. The molecule has 1 aliphatic rings. The molecule has 0 radical (unpaired) electrons. The minimum Gasteiger partial charge on any atom is -0.497 e. The highest BCUT2D eigenvalue weighted by molar-refractivity contribution is 5.36. The molecule has 2 aromatic rings. The molecule has 3 rings (SSSR count). The summed E-state index contributed by atoms with van der Waals surface area (Å²) in [7, 11) is 1.71. The van der Waals surface area contributed by atoms with Crippen molar-refractivity contribution in [2.75, 3.05) is 13.7 Å². The zero-order chi connectivity index (χ0) is 18.4. The van der Waals surface area contributed by atoms with Crippen molar-refractivity contribution in [2.45, 2.75) is 57.8 Å². The molecule has 0 saturated heterocycles. The van der Waals surface area contributed by atoms with E-state index in [4.69, 9.17) is 10.5 Å². The Hall–Kier alpha value is -1.87. The predicted octanol–water partition coefficient (Wildman–Crippen LogP) is 4.67. The molecule has 140 valence electrons. The second kappa shape index (κ2) is 9.18. The molecule has 1 heterocycles. The molecule has 1 aliphatic carbocycles. The highest BCUT2D eigenvalue weighted by Gasteiger charge is 2.20. The Kier molecular flexibility index (Phi) is 6.67. The summed E-state index contributed by atoms with van der Waals surface area (Å²) in [6, 6.07) is 11.1. The number of benzene rings is 1. The van der Waals surface area contributed by atoms with Crippen LogP contribution in [0, 0.1) is 5.92 Å². The fourth-order valence-corrected chi connectivity index (χ4v) is 4.19. The molecular weight excluding hydrogens is 320 g/mol. The molecule has 0 bridgehead atoms. The van der Waals surface area contributed by atoms with Crippen molar-refractivity contribution in [3.8, 4) is 5.75 Å². The predicted molar refractivity (Wildman–Crippen MR) is 108 cm³/mol. The van der Waals surface area contributed by atoms with Gasteiger partial charge >= 0.3 is 0 Å². The number of nitrogens with two attached hydrogens (primary N) is 1. The van der Waals surface area contributed by atoms with Crippen LogP contribution in [0.1, 0.15) is 60.9 Å². The topological polar surface area (TPSA) is 48.1 Å². The number of fused-ring (bicyclic) bond motifs is 1. The van der Waals surface area contributed by atoms with Gasteiger partial charge in [-0.2, -0.15) is 0 Å². The monoisotopic (exact) mass is 352 g/mol. The van der Waals surface area contributed by atoms with Gasteiger partial charge in [-0.25, -0.2) is 0 Å². The first-order valence-electron chi connectivity index (χ1n) is 10.0. The Morgan fingerprint density at radius 1 is 1.23 bits per heavy atom. The first-order valence-corrected chi connectivity index (χ1v) is 10.0. The molecule has 1 aromatic carbocycles. The van der Waals surface area contributed by atoms with Crippen molar-refractivity contribution in [1.82, 2.24) is 4.98 Å². The molecular formula is C23H32N2O. The molecule has 3 nitrogen and oxygen atoms in total. The molecule has 0 aliphatic heterocycles. The Balaban J connectivity index is 1.60. The summed E-state index contributed by atoms with van der Waals surface area (Å²) < 4.78 is 5.30. The third kappa shape index (κ3) is 4.64. The quantitative estimate of drug-likeness (QED) is 0.751. The fraction of sp³-hybridized carbons (Fsp3) is 0.522. The molecule has 0 spiro atoms. The molecule has 2 atom stereocenters. The van der Waals surface area contributed by atoms with Crippen LogP contribution in [0.3, 0.4) is 0 Å². The number of hydrogen-bond acceptors (Lipinski definition) is 3. The maximum atomic E-state index is 5.99. The van der Waals surface area contributed by atoms with Crippen LogP contribution in [0.4, 0.5) is 0 Å². The number of ether oxygens (including phenoxy) is 1. The van der Waals surface area contributed by atoms with Gasteiger partial charge in [0.15, 0.2) is 0 Å². The Bertz CT molecular complexity index is 713. The van der Waals surface area contributed by atoms with Gasteiger partial charge in [0.05, 0.1) is 7.11 Å². The minimum atomic E-state index is 0.516. The third-order valence-corrected chi connectivity index (χ3v) is 5.79. The average molecular weight is 353 g/mol. The normalized spacial score (nSPS) is 17.6. The van der Waals surface area contributed by atoms with E-state index >= 15 is 0 Å². The molecule has 0 saturated carbocycles. The second-order valence-electron chi connectivity index (χ2n) is 7.58. The molecule has 0 fully saturated rings. The lowest BCUT2D eigenvalue weighted by atomic mass is 9.79. The van der Waals surface area contributed by atoms with Gasteiger partial charge in [0.1, 0.15) is 5.75 Å². The summed E-state index contributed by atoms with van der Waals surface area (Å²) in [4.78, 5) is 4.48. The van der Waals surface area contributed by atoms with Crippen molar-refractivity contribution >= 4 is 0 Å². The van der Waals surface area contributed by atoms with Gasteiger partial charge in [-0.3, -0.25) is 4.98 Å². The molecule has 2 N–H and O–H groups in total. The van der Waals surface area contributed by atoms with Gasteiger partial charge < -0.3 is 10.5 Å². The molecule has 1 unspecified atom stereocenters. The van der Waals surface area contributed by atoms with Crippen molar-refractivity contribution in [3.05, 3.63) is 58.9 Å². The van der Waals surface area contributed by atoms with Crippen LogP contribution in [-0.2, 0) is 19.3 Å². The van der Waals surface area contributed by atoms with Crippen LogP contribution >= 0.6 is 0 Å². The number of methoxy groups -OCH3 is 1. The van der Waals surface area contributed by atoms with Crippen LogP contribution < -0.4 is 10.5 Å². The largest absolute Gasteiger partial charge is 0.497 e. The molecule has 26 heavy (non-hydrogen) atoms. The van der Waals surface area contributed by atoms with Gasteiger partial charge in [-0.15, -0.1) is 0 Å². The number of rotatable bonds is 8. The standard InChI is InChI=1S/C23H32N2O/c1-3-4-21(16-24)20-9-8-18-13-17(5-7-19(18)14-20)6-10-22-15-23(26-2)11-12-25-22/h8-9,11-12,14-15,17,21H,3-7,10,13,16,24H2,1-2H3/t17-,21?/m1/s1. The zero-order valence-corrected chi connectivity index (χ0v) is 16.2. The van der Waals surface area contributed by atoms with Crippen LogP contribution in [0.15, 0.2) is 36.5 Å². The first-order chi connectivity index (χ1) is 12.7. The lowest BCUT2D eigenvalue weighted by molar-refractivity contribution is 0.410. The van der Waals surface area contributed by atoms with E-state index in [-0.39, 0.29) is 0 Å². The highest BCUT2D eigenvalue weighted by Crippen LogP contribution is 2.31. The number of aryl methyl sites for hydroxylation is 2. The number of nitrogens with zero attached hydrogens (tertiary/aromatic N) is 1. The van der Waals surface area contributed by atoms with Gasteiger partial charge in [-0.1, -0.05) is 31.5 Å². The minimum absolute atomic E-state index is 0.516. The van der Waals surface area contributed by atoms with Gasteiger partial charge in [0.25, 0.3) is 0 Å². The lowest BCUT2D eigenvalue weighted by Crippen LogP contribution is -2.17. The summed E-state index contributed by atoms with van der Waals surface area (Å²) in [5.74, 6) is 2.17. The summed E-state index contributed by atoms with van der Waals surface area (Å²) in [6.45, 7) is 2.99. The number of hydrogen-bond donors (Lipinski definition) is 1. The number of aromatic nitrogens is 1. The number of pyridine rings is 1. The van der Waals surface area contributed by atoms with E-state index in [9.17, 15) is 0 Å². The SMILES string of the molecule is CCCC(CN)c1ccc2c(c1)CC[C@H](CCc1cc(OC)ccn1)C2. The van der Waals surface area contributed by atoms with Crippen molar-refractivity contribution < 1.29 is 4.74 Å². The van der Waals surface area contributed by atoms with E-state index < -0.39 is 0 Å².